The van der Waals surface area contributed by atoms with E-state index in [1.807, 2.05) is 31.2 Å². The number of aryl methyl sites for hydroxylation is 1. The molecule has 0 aliphatic heterocycles. The Morgan fingerprint density at radius 1 is 1.33 bits per heavy atom. The van der Waals surface area contributed by atoms with Crippen LogP contribution in [0.15, 0.2) is 41.0 Å². The lowest BCUT2D eigenvalue weighted by molar-refractivity contribution is 1.28. The quantitative estimate of drug-likeness (QED) is 0.849. The molecule has 3 N–H and O–H groups in total. The summed E-state index contributed by atoms with van der Waals surface area (Å²) < 4.78 is 1.04. The van der Waals surface area contributed by atoms with Crippen LogP contribution in [-0.2, 0) is 0 Å². The molecule has 1 aromatic carbocycles. The van der Waals surface area contributed by atoms with Crippen molar-refractivity contribution in [1.82, 2.24) is 4.98 Å². The van der Waals surface area contributed by atoms with Crippen LogP contribution in [0.25, 0.3) is 0 Å². The number of nitrogens with zero attached hydrogens (tertiary/aromatic N) is 1. The fraction of sp³-hybridized carbons (Fsp3) is 0.0769. The fourth-order valence-electron chi connectivity index (χ4n) is 1.51. The Bertz CT molecular complexity index is 581. The molecule has 2 aromatic rings. The van der Waals surface area contributed by atoms with Crippen molar-refractivity contribution in [2.45, 2.75) is 6.92 Å². The van der Waals surface area contributed by atoms with Crippen molar-refractivity contribution in [1.29, 1.82) is 0 Å². The van der Waals surface area contributed by atoms with Gasteiger partial charge in [0, 0.05) is 4.47 Å². The zero-order chi connectivity index (χ0) is 13.1. The third kappa shape index (κ3) is 2.86. The number of thiocarbonyl (C=S) groups is 1. The van der Waals surface area contributed by atoms with Gasteiger partial charge in [0.25, 0.3) is 0 Å². The minimum Gasteiger partial charge on any atom is -0.388 e. The topological polar surface area (TPSA) is 50.9 Å². The smallest absolute Gasteiger partial charge is 0.122 e. The van der Waals surface area contributed by atoms with Crippen LogP contribution in [0, 0.1) is 6.92 Å². The number of halogens is 1. The Morgan fingerprint density at radius 3 is 2.72 bits per heavy atom. The van der Waals surface area contributed by atoms with Gasteiger partial charge in [0.05, 0.1) is 23.3 Å². The van der Waals surface area contributed by atoms with Crippen molar-refractivity contribution in [3.05, 3.63) is 52.3 Å². The Kier molecular flexibility index (Phi) is 3.93. The van der Waals surface area contributed by atoms with Crippen molar-refractivity contribution in [2.24, 2.45) is 5.73 Å². The summed E-state index contributed by atoms with van der Waals surface area (Å²) in [5.41, 5.74) is 9.19. The van der Waals surface area contributed by atoms with Gasteiger partial charge in [-0.1, -0.05) is 24.4 Å². The monoisotopic (exact) mass is 321 g/mol. The van der Waals surface area contributed by atoms with E-state index in [2.05, 4.69) is 26.2 Å². The normalized spacial score (nSPS) is 10.1. The van der Waals surface area contributed by atoms with E-state index in [4.69, 9.17) is 18.0 Å². The average Bonchev–Trinajstić information content (AvgIpc) is 2.36. The molecule has 0 aliphatic rings. The molecule has 2 rings (SSSR count). The number of pyridine rings is 1. The van der Waals surface area contributed by atoms with E-state index in [0.717, 1.165) is 15.8 Å². The fourth-order valence-corrected chi connectivity index (χ4v) is 2.00. The molecule has 0 unspecified atom stereocenters. The third-order valence-electron chi connectivity index (χ3n) is 2.49. The first-order valence-corrected chi connectivity index (χ1v) is 6.56. The standard InChI is InChI=1S/C13H12BrN3S/c1-8-3-2-4-10(12(8)14)17-9-5-6-11(13(15)18)16-7-9/h2-7,17H,1H3,(H2,15,18). The maximum Gasteiger partial charge on any atom is 0.122 e. The minimum atomic E-state index is 0.304. The molecule has 0 bridgehead atoms. The van der Waals surface area contributed by atoms with Crippen LogP contribution >= 0.6 is 28.1 Å². The summed E-state index contributed by atoms with van der Waals surface area (Å²) in [5, 5.41) is 3.29. The number of rotatable bonds is 3. The van der Waals surface area contributed by atoms with Crippen molar-refractivity contribution in [2.75, 3.05) is 5.32 Å². The predicted octanol–water partition coefficient (Wildman–Crippen LogP) is 3.53. The average molecular weight is 322 g/mol. The molecule has 0 saturated carbocycles. The first-order chi connectivity index (χ1) is 8.58. The second kappa shape index (κ2) is 5.46. The van der Waals surface area contributed by atoms with Gasteiger partial charge >= 0.3 is 0 Å². The van der Waals surface area contributed by atoms with Crippen LogP contribution in [-0.4, -0.2) is 9.97 Å². The molecule has 1 heterocycles. The van der Waals surface area contributed by atoms with Gasteiger partial charge in [-0.05, 0) is 46.6 Å². The summed E-state index contributed by atoms with van der Waals surface area (Å²) in [6.07, 6.45) is 1.71. The highest BCUT2D eigenvalue weighted by Crippen LogP contribution is 2.28. The van der Waals surface area contributed by atoms with Gasteiger partial charge in [-0.2, -0.15) is 0 Å². The maximum absolute atomic E-state index is 5.50. The summed E-state index contributed by atoms with van der Waals surface area (Å²) in [6.45, 7) is 2.05. The molecule has 0 aliphatic carbocycles. The molecule has 5 heteroatoms. The summed E-state index contributed by atoms with van der Waals surface area (Å²) >= 11 is 8.41. The molecule has 92 valence electrons. The van der Waals surface area contributed by atoms with Crippen LogP contribution in [0.1, 0.15) is 11.3 Å². The number of hydrogen-bond acceptors (Lipinski definition) is 3. The van der Waals surface area contributed by atoms with Gasteiger partial charge < -0.3 is 11.1 Å². The number of hydrogen-bond donors (Lipinski definition) is 2. The Morgan fingerprint density at radius 2 is 2.11 bits per heavy atom. The highest BCUT2D eigenvalue weighted by atomic mass is 79.9. The molecule has 0 fully saturated rings. The Hall–Kier alpha value is -1.46. The predicted molar refractivity (Wildman–Crippen MR) is 82.3 cm³/mol. The summed E-state index contributed by atoms with van der Waals surface area (Å²) in [5.74, 6) is 0. The Balaban J connectivity index is 2.24. The highest BCUT2D eigenvalue weighted by Gasteiger charge is 2.03. The van der Waals surface area contributed by atoms with Crippen molar-refractivity contribution in [3.63, 3.8) is 0 Å². The van der Waals surface area contributed by atoms with Crippen molar-refractivity contribution in [3.8, 4) is 0 Å². The van der Waals surface area contributed by atoms with Gasteiger partial charge in [0.15, 0.2) is 0 Å². The van der Waals surface area contributed by atoms with Crippen molar-refractivity contribution < 1.29 is 0 Å². The number of nitrogens with two attached hydrogens (primary N) is 1. The van der Waals surface area contributed by atoms with E-state index in [1.165, 1.54) is 5.56 Å². The molecule has 0 radical (unpaired) electrons. The van der Waals surface area contributed by atoms with E-state index in [9.17, 15) is 0 Å². The first-order valence-electron chi connectivity index (χ1n) is 5.36. The molecule has 0 spiro atoms. The van der Waals surface area contributed by atoms with E-state index in [0.29, 0.717) is 10.7 Å². The molecule has 0 amide bonds. The minimum absolute atomic E-state index is 0.304. The lowest BCUT2D eigenvalue weighted by Gasteiger charge is -2.10. The highest BCUT2D eigenvalue weighted by molar-refractivity contribution is 9.10. The molecular formula is C13H12BrN3S. The molecule has 1 aromatic heterocycles. The maximum atomic E-state index is 5.50. The second-order valence-electron chi connectivity index (χ2n) is 3.86. The SMILES string of the molecule is Cc1cccc(Nc2ccc(C(N)=S)nc2)c1Br. The van der Waals surface area contributed by atoms with Crippen LogP contribution in [0.2, 0.25) is 0 Å². The van der Waals surface area contributed by atoms with Gasteiger partial charge in [-0.15, -0.1) is 0 Å². The van der Waals surface area contributed by atoms with E-state index in [-0.39, 0.29) is 0 Å². The zero-order valence-electron chi connectivity index (χ0n) is 9.77. The summed E-state index contributed by atoms with van der Waals surface area (Å²) in [7, 11) is 0. The molecule has 18 heavy (non-hydrogen) atoms. The second-order valence-corrected chi connectivity index (χ2v) is 5.09. The van der Waals surface area contributed by atoms with E-state index in [1.54, 1.807) is 12.3 Å². The third-order valence-corrected chi connectivity index (χ3v) is 3.75. The van der Waals surface area contributed by atoms with Crippen LogP contribution < -0.4 is 11.1 Å². The van der Waals surface area contributed by atoms with Gasteiger partial charge in [-0.25, -0.2) is 0 Å². The van der Waals surface area contributed by atoms with Crippen LogP contribution in [0.3, 0.4) is 0 Å². The number of anilines is 2. The van der Waals surface area contributed by atoms with Gasteiger partial charge in [-0.3, -0.25) is 4.98 Å². The number of aromatic nitrogens is 1. The zero-order valence-corrected chi connectivity index (χ0v) is 12.2. The van der Waals surface area contributed by atoms with Crippen LogP contribution in [0.4, 0.5) is 11.4 Å². The van der Waals surface area contributed by atoms with E-state index >= 15 is 0 Å². The van der Waals surface area contributed by atoms with E-state index < -0.39 is 0 Å². The lowest BCUT2D eigenvalue weighted by atomic mass is 10.2. The first kappa shape index (κ1) is 13.0. The largest absolute Gasteiger partial charge is 0.388 e. The van der Waals surface area contributed by atoms with Gasteiger partial charge in [0.1, 0.15) is 4.99 Å². The summed E-state index contributed by atoms with van der Waals surface area (Å²) in [6, 6.07) is 9.74. The molecule has 3 nitrogen and oxygen atoms in total. The lowest BCUT2D eigenvalue weighted by Crippen LogP contribution is -2.11. The van der Waals surface area contributed by atoms with Gasteiger partial charge in [0.2, 0.25) is 0 Å². The number of nitrogens with one attached hydrogen (secondary N) is 1. The molecular weight excluding hydrogens is 310 g/mol. The Labute approximate surface area is 120 Å². The van der Waals surface area contributed by atoms with Crippen LogP contribution in [0.5, 0.6) is 0 Å². The summed E-state index contributed by atoms with van der Waals surface area (Å²) in [4.78, 5) is 4.49. The molecule has 0 atom stereocenters. The molecule has 0 saturated heterocycles. The van der Waals surface area contributed by atoms with Crippen molar-refractivity contribution >= 4 is 44.5 Å². The number of benzene rings is 1.